The Balaban J connectivity index is 2.73. The first-order valence-corrected chi connectivity index (χ1v) is 5.79. The number of aliphatic hydroxyl groups excluding tert-OH is 1. The lowest BCUT2D eigenvalue weighted by Crippen LogP contribution is -2.40. The maximum absolute atomic E-state index is 11.3. The topological polar surface area (TPSA) is 77.0 Å². The van der Waals surface area contributed by atoms with E-state index < -0.39 is 12.0 Å². The predicted octanol–water partition coefficient (Wildman–Crippen LogP) is 0.327. The molecule has 0 aromatic heterocycles. The molecule has 0 aliphatic carbocycles. The summed E-state index contributed by atoms with van der Waals surface area (Å²) < 4.78 is 14.9. The molecular weight excluding hydrogens is 250 g/mol. The second kappa shape index (κ2) is 7.60. The minimum Gasteiger partial charge on any atom is -0.497 e. The summed E-state index contributed by atoms with van der Waals surface area (Å²) in [4.78, 5) is 11.3. The summed E-state index contributed by atoms with van der Waals surface area (Å²) in [7, 11) is 4.41. The maximum Gasteiger partial charge on any atom is 0.325 e. The number of ether oxygens (including phenoxy) is 3. The summed E-state index contributed by atoms with van der Waals surface area (Å²) in [6.07, 6.45) is 0. The van der Waals surface area contributed by atoms with Gasteiger partial charge in [0.25, 0.3) is 0 Å². The first kappa shape index (κ1) is 15.3. The molecule has 0 bridgehead atoms. The number of rotatable bonds is 7. The third-order valence-corrected chi connectivity index (χ3v) is 2.70. The molecule has 6 heteroatoms. The molecule has 0 unspecified atom stereocenters. The molecule has 0 aliphatic heterocycles. The lowest BCUT2D eigenvalue weighted by Gasteiger charge is -2.15. The Hall–Kier alpha value is -1.79. The average Bonchev–Trinajstić information content (AvgIpc) is 2.47. The van der Waals surface area contributed by atoms with Gasteiger partial charge in [0.05, 0.1) is 27.9 Å². The van der Waals surface area contributed by atoms with Crippen molar-refractivity contribution in [3.8, 4) is 11.5 Å². The Morgan fingerprint density at radius 2 is 2.05 bits per heavy atom. The summed E-state index contributed by atoms with van der Waals surface area (Å²) in [5.41, 5.74) is 0.852. The standard InChI is InChI=1S/C13H19NO5/c1-17-10-5-4-9(12(6-10)18-2)7-14-11(8-15)13(16)19-3/h4-6,11,14-15H,7-8H2,1-3H3/t11-/m1/s1. The van der Waals surface area contributed by atoms with Crippen molar-refractivity contribution in [2.24, 2.45) is 0 Å². The molecule has 0 radical (unpaired) electrons. The fourth-order valence-corrected chi connectivity index (χ4v) is 1.60. The zero-order chi connectivity index (χ0) is 14.3. The van der Waals surface area contributed by atoms with E-state index in [9.17, 15) is 4.79 Å². The van der Waals surface area contributed by atoms with Crippen LogP contribution in [0.2, 0.25) is 0 Å². The molecule has 1 aromatic carbocycles. The molecule has 0 amide bonds. The highest BCUT2D eigenvalue weighted by atomic mass is 16.5. The first-order chi connectivity index (χ1) is 9.15. The van der Waals surface area contributed by atoms with Crippen LogP contribution in [0.1, 0.15) is 5.56 Å². The molecule has 2 N–H and O–H groups in total. The fraction of sp³-hybridized carbons (Fsp3) is 0.462. The van der Waals surface area contributed by atoms with Gasteiger partial charge in [-0.15, -0.1) is 0 Å². The van der Waals surface area contributed by atoms with E-state index >= 15 is 0 Å². The number of aliphatic hydroxyl groups is 1. The molecule has 0 fully saturated rings. The zero-order valence-electron chi connectivity index (χ0n) is 11.3. The molecule has 0 heterocycles. The van der Waals surface area contributed by atoms with Crippen molar-refractivity contribution in [2.75, 3.05) is 27.9 Å². The van der Waals surface area contributed by atoms with E-state index in [1.807, 2.05) is 6.07 Å². The highest BCUT2D eigenvalue weighted by molar-refractivity contribution is 5.75. The summed E-state index contributed by atoms with van der Waals surface area (Å²) in [6.45, 7) is 0.0403. The molecule has 6 nitrogen and oxygen atoms in total. The van der Waals surface area contributed by atoms with Crippen molar-refractivity contribution in [3.05, 3.63) is 23.8 Å². The normalized spacial score (nSPS) is 11.8. The van der Waals surface area contributed by atoms with Crippen LogP contribution in [0.3, 0.4) is 0 Å². The van der Waals surface area contributed by atoms with E-state index in [0.717, 1.165) is 5.56 Å². The molecule has 1 aromatic rings. The van der Waals surface area contributed by atoms with E-state index in [4.69, 9.17) is 14.6 Å². The molecular formula is C13H19NO5. The van der Waals surface area contributed by atoms with E-state index in [1.54, 1.807) is 26.4 Å². The third-order valence-electron chi connectivity index (χ3n) is 2.70. The first-order valence-electron chi connectivity index (χ1n) is 5.79. The third kappa shape index (κ3) is 4.11. The highest BCUT2D eigenvalue weighted by Crippen LogP contribution is 2.24. The van der Waals surface area contributed by atoms with Crippen molar-refractivity contribution >= 4 is 5.97 Å². The quantitative estimate of drug-likeness (QED) is 0.695. The van der Waals surface area contributed by atoms with Crippen LogP contribution in [0.4, 0.5) is 0 Å². The van der Waals surface area contributed by atoms with Crippen LogP contribution in [-0.2, 0) is 16.1 Å². The molecule has 1 rings (SSSR count). The molecule has 106 valence electrons. The van der Waals surface area contributed by atoms with Crippen molar-refractivity contribution < 1.29 is 24.1 Å². The lowest BCUT2D eigenvalue weighted by molar-refractivity contribution is -0.144. The second-order valence-electron chi connectivity index (χ2n) is 3.82. The van der Waals surface area contributed by atoms with Crippen molar-refractivity contribution in [1.82, 2.24) is 5.32 Å². The Labute approximate surface area is 112 Å². The number of benzene rings is 1. The predicted molar refractivity (Wildman–Crippen MR) is 69.3 cm³/mol. The van der Waals surface area contributed by atoms with Crippen LogP contribution in [0, 0.1) is 0 Å². The number of esters is 1. The smallest absolute Gasteiger partial charge is 0.325 e. The van der Waals surface area contributed by atoms with Gasteiger partial charge in [-0.1, -0.05) is 6.07 Å². The van der Waals surface area contributed by atoms with Gasteiger partial charge in [-0.3, -0.25) is 10.1 Å². The molecule has 0 spiro atoms. The van der Waals surface area contributed by atoms with Crippen LogP contribution < -0.4 is 14.8 Å². The molecule has 0 saturated heterocycles. The summed E-state index contributed by atoms with van der Waals surface area (Å²) >= 11 is 0. The largest absolute Gasteiger partial charge is 0.497 e. The van der Waals surface area contributed by atoms with Gasteiger partial charge in [0, 0.05) is 18.2 Å². The fourth-order valence-electron chi connectivity index (χ4n) is 1.60. The number of carbonyl (C=O) groups is 1. The molecule has 19 heavy (non-hydrogen) atoms. The van der Waals surface area contributed by atoms with Crippen LogP contribution in [-0.4, -0.2) is 45.1 Å². The molecule has 1 atom stereocenters. The Bertz CT molecular complexity index is 421. The van der Waals surface area contributed by atoms with E-state index in [1.165, 1.54) is 7.11 Å². The Kier molecular flexibility index (Phi) is 6.11. The van der Waals surface area contributed by atoms with Gasteiger partial charge in [-0.25, -0.2) is 0 Å². The van der Waals surface area contributed by atoms with Crippen molar-refractivity contribution in [3.63, 3.8) is 0 Å². The Morgan fingerprint density at radius 1 is 1.32 bits per heavy atom. The number of hydrogen-bond donors (Lipinski definition) is 2. The van der Waals surface area contributed by atoms with Crippen LogP contribution in [0.25, 0.3) is 0 Å². The van der Waals surface area contributed by atoms with Gasteiger partial charge in [0.2, 0.25) is 0 Å². The van der Waals surface area contributed by atoms with Gasteiger partial charge in [0.1, 0.15) is 17.5 Å². The number of nitrogens with one attached hydrogen (secondary N) is 1. The number of methoxy groups -OCH3 is 3. The minimum atomic E-state index is -0.753. The summed E-state index contributed by atoms with van der Waals surface area (Å²) in [5.74, 6) is 0.829. The van der Waals surface area contributed by atoms with Crippen LogP contribution in [0.5, 0.6) is 11.5 Å². The van der Waals surface area contributed by atoms with Gasteiger partial charge in [0.15, 0.2) is 0 Å². The molecule has 0 saturated carbocycles. The van der Waals surface area contributed by atoms with Gasteiger partial charge < -0.3 is 19.3 Å². The van der Waals surface area contributed by atoms with E-state index in [-0.39, 0.29) is 6.61 Å². The van der Waals surface area contributed by atoms with Crippen molar-refractivity contribution in [1.29, 1.82) is 0 Å². The summed E-state index contributed by atoms with van der Waals surface area (Å²) in [6, 6.07) is 4.63. The number of carbonyl (C=O) groups excluding carboxylic acids is 1. The minimum absolute atomic E-state index is 0.328. The number of hydrogen-bond acceptors (Lipinski definition) is 6. The average molecular weight is 269 g/mol. The maximum atomic E-state index is 11.3. The van der Waals surface area contributed by atoms with Gasteiger partial charge >= 0.3 is 5.97 Å². The lowest BCUT2D eigenvalue weighted by atomic mass is 10.1. The monoisotopic (exact) mass is 269 g/mol. The van der Waals surface area contributed by atoms with Crippen LogP contribution in [0.15, 0.2) is 18.2 Å². The molecule has 0 aliphatic rings. The van der Waals surface area contributed by atoms with Crippen LogP contribution >= 0.6 is 0 Å². The zero-order valence-corrected chi connectivity index (χ0v) is 11.3. The van der Waals surface area contributed by atoms with Crippen molar-refractivity contribution in [2.45, 2.75) is 12.6 Å². The van der Waals surface area contributed by atoms with Gasteiger partial charge in [-0.05, 0) is 6.07 Å². The SMILES string of the molecule is COC(=O)[C@@H](CO)NCc1ccc(OC)cc1OC. The Morgan fingerprint density at radius 3 is 2.58 bits per heavy atom. The summed E-state index contributed by atoms with van der Waals surface area (Å²) in [5, 5.41) is 12.0. The van der Waals surface area contributed by atoms with E-state index in [0.29, 0.717) is 18.0 Å². The van der Waals surface area contributed by atoms with Gasteiger partial charge in [-0.2, -0.15) is 0 Å². The second-order valence-corrected chi connectivity index (χ2v) is 3.82. The van der Waals surface area contributed by atoms with E-state index in [2.05, 4.69) is 10.1 Å². The highest BCUT2D eigenvalue weighted by Gasteiger charge is 2.17.